The lowest BCUT2D eigenvalue weighted by Gasteiger charge is -2.45. The van der Waals surface area contributed by atoms with Gasteiger partial charge in [0.15, 0.2) is 0 Å². The molecule has 1 aliphatic heterocycles. The zero-order chi connectivity index (χ0) is 8.48. The van der Waals surface area contributed by atoms with Crippen molar-refractivity contribution in [2.75, 3.05) is 20.1 Å². The zero-order valence-corrected chi connectivity index (χ0v) is 7.39. The normalized spacial score (nSPS) is 20.9. The first-order chi connectivity index (χ1) is 5.10. The van der Waals surface area contributed by atoms with E-state index in [1.54, 1.807) is 0 Å². The molecular formula is C8H15N3. The van der Waals surface area contributed by atoms with Crippen LogP contribution in [0.4, 0.5) is 0 Å². The van der Waals surface area contributed by atoms with Gasteiger partial charge in [-0.15, -0.1) is 0 Å². The van der Waals surface area contributed by atoms with Crippen molar-refractivity contribution in [1.82, 2.24) is 10.2 Å². The van der Waals surface area contributed by atoms with Gasteiger partial charge in [0.1, 0.15) is 5.54 Å². The van der Waals surface area contributed by atoms with E-state index in [0.29, 0.717) is 6.04 Å². The van der Waals surface area contributed by atoms with Crippen molar-refractivity contribution in [3.8, 4) is 6.07 Å². The number of likely N-dealkylation sites (N-methyl/N-ethyl adjacent to an activating group) is 1. The maximum absolute atomic E-state index is 8.78. The van der Waals surface area contributed by atoms with E-state index in [2.05, 4.69) is 16.3 Å². The van der Waals surface area contributed by atoms with Crippen molar-refractivity contribution in [2.24, 2.45) is 0 Å². The summed E-state index contributed by atoms with van der Waals surface area (Å²) in [6.07, 6.45) is 0. The summed E-state index contributed by atoms with van der Waals surface area (Å²) < 4.78 is 0. The predicted octanol–water partition coefficient (Wildman–Crippen LogP) is 0.192. The molecule has 0 aromatic heterocycles. The van der Waals surface area contributed by atoms with Gasteiger partial charge in [0, 0.05) is 19.1 Å². The molecule has 0 spiro atoms. The smallest absolute Gasteiger partial charge is 0.103 e. The Hall–Kier alpha value is -0.590. The van der Waals surface area contributed by atoms with Gasteiger partial charge in [0.2, 0.25) is 0 Å². The molecule has 1 rings (SSSR count). The standard InChI is InChI=1S/C8H15N3/c1-8(2,6-9)11-4-7(5-11)10-3/h7,10H,4-5H2,1-3H3. The summed E-state index contributed by atoms with van der Waals surface area (Å²) in [6, 6.07) is 2.87. The number of hydrogen-bond acceptors (Lipinski definition) is 3. The van der Waals surface area contributed by atoms with Gasteiger partial charge in [-0.25, -0.2) is 0 Å². The van der Waals surface area contributed by atoms with Gasteiger partial charge < -0.3 is 5.32 Å². The van der Waals surface area contributed by atoms with E-state index in [1.165, 1.54) is 0 Å². The Morgan fingerprint density at radius 1 is 1.55 bits per heavy atom. The second-order valence-electron chi connectivity index (χ2n) is 3.56. The van der Waals surface area contributed by atoms with Crippen molar-refractivity contribution in [3.63, 3.8) is 0 Å². The predicted molar refractivity (Wildman–Crippen MR) is 44.1 cm³/mol. The average Bonchev–Trinajstić information content (AvgIpc) is 1.85. The second kappa shape index (κ2) is 2.80. The van der Waals surface area contributed by atoms with Crippen LogP contribution in [-0.4, -0.2) is 36.6 Å². The lowest BCUT2D eigenvalue weighted by Crippen LogP contribution is -2.63. The fourth-order valence-corrected chi connectivity index (χ4v) is 1.19. The van der Waals surface area contributed by atoms with Crippen LogP contribution in [0.5, 0.6) is 0 Å². The number of hydrogen-bond donors (Lipinski definition) is 1. The molecular weight excluding hydrogens is 138 g/mol. The first kappa shape index (κ1) is 8.51. The summed E-state index contributed by atoms with van der Waals surface area (Å²) in [4.78, 5) is 2.17. The highest BCUT2D eigenvalue weighted by molar-refractivity contribution is 5.06. The van der Waals surface area contributed by atoms with Gasteiger partial charge in [-0.3, -0.25) is 4.90 Å². The molecule has 1 fully saturated rings. The van der Waals surface area contributed by atoms with E-state index in [-0.39, 0.29) is 5.54 Å². The Morgan fingerprint density at radius 3 is 2.45 bits per heavy atom. The number of rotatable bonds is 2. The lowest BCUT2D eigenvalue weighted by atomic mass is 9.97. The molecule has 3 nitrogen and oxygen atoms in total. The van der Waals surface area contributed by atoms with Crippen LogP contribution < -0.4 is 5.32 Å². The van der Waals surface area contributed by atoms with E-state index in [1.807, 2.05) is 20.9 Å². The van der Waals surface area contributed by atoms with E-state index >= 15 is 0 Å². The topological polar surface area (TPSA) is 39.1 Å². The summed E-state index contributed by atoms with van der Waals surface area (Å²) in [5.41, 5.74) is -0.284. The van der Waals surface area contributed by atoms with E-state index in [0.717, 1.165) is 13.1 Å². The molecule has 0 aliphatic carbocycles. The summed E-state index contributed by atoms with van der Waals surface area (Å²) >= 11 is 0. The number of likely N-dealkylation sites (tertiary alicyclic amines) is 1. The quantitative estimate of drug-likeness (QED) is 0.615. The van der Waals surface area contributed by atoms with Crippen LogP contribution in [0, 0.1) is 11.3 Å². The fourth-order valence-electron chi connectivity index (χ4n) is 1.19. The molecule has 3 heteroatoms. The molecule has 0 amide bonds. The number of nitriles is 1. The summed E-state index contributed by atoms with van der Waals surface area (Å²) in [5.74, 6) is 0. The molecule has 0 unspecified atom stereocenters. The van der Waals surface area contributed by atoms with Gasteiger partial charge in [-0.05, 0) is 20.9 Å². The van der Waals surface area contributed by atoms with Gasteiger partial charge in [0.25, 0.3) is 0 Å². The first-order valence-electron chi connectivity index (χ1n) is 3.93. The molecule has 1 heterocycles. The van der Waals surface area contributed by atoms with Crippen LogP contribution in [0.1, 0.15) is 13.8 Å². The maximum atomic E-state index is 8.78. The minimum Gasteiger partial charge on any atom is -0.315 e. The van der Waals surface area contributed by atoms with Crippen LogP contribution >= 0.6 is 0 Å². The summed E-state index contributed by atoms with van der Waals surface area (Å²) in [5, 5.41) is 12.0. The highest BCUT2D eigenvalue weighted by atomic mass is 15.3. The van der Waals surface area contributed by atoms with Gasteiger partial charge >= 0.3 is 0 Å². The Kier molecular flexibility index (Phi) is 2.17. The van der Waals surface area contributed by atoms with E-state index in [9.17, 15) is 0 Å². The van der Waals surface area contributed by atoms with E-state index in [4.69, 9.17) is 5.26 Å². The van der Waals surface area contributed by atoms with Gasteiger partial charge in [-0.1, -0.05) is 0 Å². The molecule has 11 heavy (non-hydrogen) atoms. The Balaban J connectivity index is 2.39. The monoisotopic (exact) mass is 153 g/mol. The minimum atomic E-state index is -0.284. The molecule has 62 valence electrons. The Morgan fingerprint density at radius 2 is 2.09 bits per heavy atom. The van der Waals surface area contributed by atoms with Crippen LogP contribution in [0.15, 0.2) is 0 Å². The van der Waals surface area contributed by atoms with Gasteiger partial charge in [0.05, 0.1) is 6.07 Å². The Bertz CT molecular complexity index is 174. The average molecular weight is 153 g/mol. The Labute approximate surface area is 68.0 Å². The molecule has 0 aromatic rings. The van der Waals surface area contributed by atoms with Crippen molar-refractivity contribution in [3.05, 3.63) is 0 Å². The fraction of sp³-hybridized carbons (Fsp3) is 0.875. The maximum Gasteiger partial charge on any atom is 0.103 e. The van der Waals surface area contributed by atoms with Crippen molar-refractivity contribution >= 4 is 0 Å². The molecule has 0 aromatic carbocycles. The van der Waals surface area contributed by atoms with Gasteiger partial charge in [-0.2, -0.15) is 5.26 Å². The molecule has 1 saturated heterocycles. The molecule has 0 atom stereocenters. The van der Waals surface area contributed by atoms with E-state index < -0.39 is 0 Å². The van der Waals surface area contributed by atoms with Crippen LogP contribution in [0.3, 0.4) is 0 Å². The largest absolute Gasteiger partial charge is 0.315 e. The van der Waals surface area contributed by atoms with Crippen molar-refractivity contribution in [2.45, 2.75) is 25.4 Å². The third-order valence-corrected chi connectivity index (χ3v) is 2.35. The highest BCUT2D eigenvalue weighted by Gasteiger charge is 2.36. The summed E-state index contributed by atoms with van der Waals surface area (Å²) in [6.45, 7) is 5.91. The zero-order valence-electron chi connectivity index (χ0n) is 7.39. The molecule has 0 bridgehead atoms. The third-order valence-electron chi connectivity index (χ3n) is 2.35. The molecule has 0 radical (unpaired) electrons. The molecule has 0 saturated carbocycles. The van der Waals surface area contributed by atoms with Crippen molar-refractivity contribution < 1.29 is 0 Å². The lowest BCUT2D eigenvalue weighted by molar-refractivity contribution is 0.0594. The van der Waals surface area contributed by atoms with Crippen LogP contribution in [-0.2, 0) is 0 Å². The minimum absolute atomic E-state index is 0.284. The second-order valence-corrected chi connectivity index (χ2v) is 3.56. The number of nitrogens with one attached hydrogen (secondary N) is 1. The summed E-state index contributed by atoms with van der Waals surface area (Å²) in [7, 11) is 1.96. The highest BCUT2D eigenvalue weighted by Crippen LogP contribution is 2.20. The molecule has 1 aliphatic rings. The molecule has 1 N–H and O–H groups in total. The number of nitrogens with zero attached hydrogens (tertiary/aromatic N) is 2. The SMILES string of the molecule is CNC1CN(C(C)(C)C#N)C1. The van der Waals surface area contributed by atoms with Crippen molar-refractivity contribution in [1.29, 1.82) is 5.26 Å². The third kappa shape index (κ3) is 1.52. The van der Waals surface area contributed by atoms with Crippen LogP contribution in [0.25, 0.3) is 0 Å². The van der Waals surface area contributed by atoms with Crippen LogP contribution in [0.2, 0.25) is 0 Å². The first-order valence-corrected chi connectivity index (χ1v) is 3.93.